The van der Waals surface area contributed by atoms with Gasteiger partial charge in [0.05, 0.1) is 31.3 Å². The van der Waals surface area contributed by atoms with E-state index in [-0.39, 0.29) is 24.1 Å². The van der Waals surface area contributed by atoms with Crippen molar-refractivity contribution in [1.29, 1.82) is 0 Å². The van der Waals surface area contributed by atoms with E-state index in [2.05, 4.69) is 5.32 Å². The lowest BCUT2D eigenvalue weighted by atomic mass is 10.2. The zero-order chi connectivity index (χ0) is 22.3. The van der Waals surface area contributed by atoms with Crippen LogP contribution in [0.1, 0.15) is 6.92 Å². The molecule has 168 valence electrons. The number of aromatic nitrogens is 1. The fourth-order valence-electron chi connectivity index (χ4n) is 3.70. The van der Waals surface area contributed by atoms with Crippen molar-refractivity contribution in [2.24, 2.45) is 0 Å². The molecule has 0 radical (unpaired) electrons. The number of rotatable bonds is 8. The normalized spacial score (nSPS) is 13.8. The van der Waals surface area contributed by atoms with E-state index in [4.69, 9.17) is 9.47 Å². The molecule has 3 aromatic rings. The lowest BCUT2D eigenvalue weighted by molar-refractivity contribution is -0.135. The van der Waals surface area contributed by atoms with E-state index in [0.717, 1.165) is 15.8 Å². The highest BCUT2D eigenvalue weighted by Crippen LogP contribution is 2.31. The number of amides is 2. The summed E-state index contributed by atoms with van der Waals surface area (Å²) in [4.78, 5) is 28.2. The van der Waals surface area contributed by atoms with E-state index in [0.29, 0.717) is 44.3 Å². The van der Waals surface area contributed by atoms with Crippen molar-refractivity contribution in [3.05, 3.63) is 54.7 Å². The summed E-state index contributed by atoms with van der Waals surface area (Å²) in [6, 6.07) is 15.4. The fourth-order valence-corrected chi connectivity index (χ4v) is 4.59. The van der Waals surface area contributed by atoms with Crippen molar-refractivity contribution in [1.82, 2.24) is 9.47 Å². The van der Waals surface area contributed by atoms with Crippen molar-refractivity contribution >= 4 is 40.2 Å². The average Bonchev–Trinajstić information content (AvgIpc) is 3.17. The molecule has 1 aliphatic heterocycles. The van der Waals surface area contributed by atoms with E-state index in [1.54, 1.807) is 0 Å². The highest BCUT2D eigenvalue weighted by Gasteiger charge is 2.19. The lowest BCUT2D eigenvalue weighted by Crippen LogP contribution is -2.42. The van der Waals surface area contributed by atoms with Crippen LogP contribution in [0.2, 0.25) is 0 Å². The number of benzene rings is 2. The van der Waals surface area contributed by atoms with Gasteiger partial charge in [0.25, 0.3) is 0 Å². The highest BCUT2D eigenvalue weighted by atomic mass is 32.2. The first-order valence-corrected chi connectivity index (χ1v) is 11.7. The molecule has 1 N–H and O–H groups in total. The second kappa shape index (κ2) is 10.6. The minimum Gasteiger partial charge on any atom is -0.492 e. The zero-order valence-corrected chi connectivity index (χ0v) is 18.9. The minimum absolute atomic E-state index is 0.0795. The molecule has 7 nitrogen and oxygen atoms in total. The summed E-state index contributed by atoms with van der Waals surface area (Å²) in [6.45, 7) is 5.14. The second-order valence-corrected chi connectivity index (χ2v) is 8.41. The number of anilines is 1. The number of ether oxygens (including phenoxy) is 2. The highest BCUT2D eigenvalue weighted by molar-refractivity contribution is 8.00. The predicted molar refractivity (Wildman–Crippen MR) is 126 cm³/mol. The first-order chi connectivity index (χ1) is 15.7. The molecule has 1 aromatic heterocycles. The van der Waals surface area contributed by atoms with Crippen molar-refractivity contribution in [3.63, 3.8) is 0 Å². The average molecular weight is 454 g/mol. The number of hydrogen-bond donors (Lipinski definition) is 1. The summed E-state index contributed by atoms with van der Waals surface area (Å²) in [7, 11) is 0. The Balaban J connectivity index is 1.44. The van der Waals surface area contributed by atoms with Gasteiger partial charge in [0.1, 0.15) is 12.3 Å². The second-order valence-electron chi connectivity index (χ2n) is 7.40. The van der Waals surface area contributed by atoms with Gasteiger partial charge in [0.15, 0.2) is 0 Å². The first kappa shape index (κ1) is 22.2. The number of nitrogens with one attached hydrogen (secondary N) is 1. The Morgan fingerprint density at radius 2 is 1.84 bits per heavy atom. The van der Waals surface area contributed by atoms with Gasteiger partial charge in [0.2, 0.25) is 11.8 Å². The van der Waals surface area contributed by atoms with Gasteiger partial charge in [-0.15, -0.1) is 11.8 Å². The Labute approximate surface area is 191 Å². The van der Waals surface area contributed by atoms with E-state index in [9.17, 15) is 9.59 Å². The smallest absolute Gasteiger partial charge is 0.242 e. The summed E-state index contributed by atoms with van der Waals surface area (Å²) in [5, 5.41) is 3.97. The van der Waals surface area contributed by atoms with Crippen LogP contribution in [-0.4, -0.2) is 59.9 Å². The Bertz CT molecular complexity index is 1090. The van der Waals surface area contributed by atoms with Crippen LogP contribution in [-0.2, 0) is 20.9 Å². The molecule has 2 aromatic carbocycles. The number of fused-ring (bicyclic) bond motifs is 1. The van der Waals surface area contributed by atoms with Gasteiger partial charge in [-0.3, -0.25) is 9.59 Å². The molecule has 2 amide bonds. The van der Waals surface area contributed by atoms with Crippen LogP contribution in [0.25, 0.3) is 10.9 Å². The van der Waals surface area contributed by atoms with Crippen LogP contribution in [0.15, 0.2) is 59.6 Å². The minimum atomic E-state index is -0.108. The van der Waals surface area contributed by atoms with Gasteiger partial charge >= 0.3 is 0 Å². The first-order valence-electron chi connectivity index (χ1n) is 10.7. The van der Waals surface area contributed by atoms with Crippen LogP contribution < -0.4 is 10.1 Å². The van der Waals surface area contributed by atoms with Gasteiger partial charge < -0.3 is 24.3 Å². The number of nitrogens with zero attached hydrogens (tertiary/aromatic N) is 2. The van der Waals surface area contributed by atoms with E-state index in [1.807, 2.05) is 71.1 Å². The fraction of sp³-hybridized carbons (Fsp3) is 0.333. The molecular weight excluding hydrogens is 426 g/mol. The summed E-state index contributed by atoms with van der Waals surface area (Å²) in [5.41, 5.74) is 1.65. The summed E-state index contributed by atoms with van der Waals surface area (Å²) in [6.07, 6.45) is 1.97. The van der Waals surface area contributed by atoms with Gasteiger partial charge in [0, 0.05) is 35.1 Å². The molecule has 1 fully saturated rings. The molecule has 0 unspecified atom stereocenters. The molecule has 1 saturated heterocycles. The molecule has 1 aliphatic rings. The van der Waals surface area contributed by atoms with Gasteiger partial charge in [-0.1, -0.05) is 30.3 Å². The van der Waals surface area contributed by atoms with Crippen molar-refractivity contribution in [2.45, 2.75) is 18.4 Å². The van der Waals surface area contributed by atoms with Crippen molar-refractivity contribution in [2.75, 3.05) is 44.0 Å². The number of carbonyl (C=O) groups is 2. The van der Waals surface area contributed by atoms with Crippen molar-refractivity contribution < 1.29 is 19.1 Å². The Kier molecular flexibility index (Phi) is 7.34. The van der Waals surface area contributed by atoms with Gasteiger partial charge in [-0.25, -0.2) is 0 Å². The number of para-hydroxylation sites is 3. The molecule has 8 heteroatoms. The SMILES string of the molecule is CCOc1ccccc1NC(=O)CSc1cn(CC(=O)N2CCOCC2)c2ccccc12. The standard InChI is InChI=1S/C24H27N3O4S/c1-2-31-21-10-6-4-8-19(21)25-23(28)17-32-22-15-27(20-9-5-3-7-18(20)22)16-24(29)26-11-13-30-14-12-26/h3-10,15H,2,11-14,16-17H2,1H3,(H,25,28). The topological polar surface area (TPSA) is 72.8 Å². The third-order valence-electron chi connectivity index (χ3n) is 5.24. The monoisotopic (exact) mass is 453 g/mol. The van der Waals surface area contributed by atoms with Crippen LogP contribution in [0.3, 0.4) is 0 Å². The third-order valence-corrected chi connectivity index (χ3v) is 6.28. The van der Waals surface area contributed by atoms with E-state index >= 15 is 0 Å². The molecule has 0 bridgehead atoms. The lowest BCUT2D eigenvalue weighted by Gasteiger charge is -2.27. The van der Waals surface area contributed by atoms with Crippen LogP contribution in [0.5, 0.6) is 5.75 Å². The Morgan fingerprint density at radius 1 is 1.09 bits per heavy atom. The van der Waals surface area contributed by atoms with E-state index in [1.165, 1.54) is 11.8 Å². The van der Waals surface area contributed by atoms with Crippen molar-refractivity contribution in [3.8, 4) is 5.75 Å². The Hall–Kier alpha value is -2.97. The van der Waals surface area contributed by atoms with E-state index < -0.39 is 0 Å². The number of hydrogen-bond acceptors (Lipinski definition) is 5. The molecular formula is C24H27N3O4S. The molecule has 4 rings (SSSR count). The summed E-state index contributed by atoms with van der Waals surface area (Å²) >= 11 is 1.46. The predicted octanol–water partition coefficient (Wildman–Crippen LogP) is 3.63. The molecule has 0 saturated carbocycles. The Morgan fingerprint density at radius 3 is 2.66 bits per heavy atom. The maximum atomic E-state index is 12.7. The molecule has 32 heavy (non-hydrogen) atoms. The van der Waals surface area contributed by atoms with Gasteiger partial charge in [-0.2, -0.15) is 0 Å². The molecule has 0 aliphatic carbocycles. The zero-order valence-electron chi connectivity index (χ0n) is 18.1. The van der Waals surface area contributed by atoms with Crippen LogP contribution in [0, 0.1) is 0 Å². The summed E-state index contributed by atoms with van der Waals surface area (Å²) in [5.74, 6) is 0.886. The quantitative estimate of drug-likeness (QED) is 0.528. The third kappa shape index (κ3) is 5.26. The van der Waals surface area contributed by atoms with Gasteiger partial charge in [-0.05, 0) is 25.1 Å². The number of thioether (sulfide) groups is 1. The largest absolute Gasteiger partial charge is 0.492 e. The van der Waals surface area contributed by atoms with Crippen LogP contribution in [0.4, 0.5) is 5.69 Å². The molecule has 0 atom stereocenters. The molecule has 2 heterocycles. The number of morpholine rings is 1. The molecule has 0 spiro atoms. The number of carbonyl (C=O) groups excluding carboxylic acids is 2. The maximum absolute atomic E-state index is 12.7. The maximum Gasteiger partial charge on any atom is 0.242 e. The van der Waals surface area contributed by atoms with Crippen LogP contribution >= 0.6 is 11.8 Å². The summed E-state index contributed by atoms with van der Waals surface area (Å²) < 4.78 is 12.9.